The molecule has 2 N–H and O–H groups in total. The van der Waals surface area contributed by atoms with E-state index in [0.717, 1.165) is 22.3 Å². The number of rotatable bonds is 3. The molecule has 4 heteroatoms. The highest BCUT2D eigenvalue weighted by atomic mass is 32.1. The van der Waals surface area contributed by atoms with Crippen molar-refractivity contribution in [3.05, 3.63) is 59.0 Å². The number of hydrogen-bond donors (Lipinski definition) is 2. The van der Waals surface area contributed by atoms with Gasteiger partial charge in [0.2, 0.25) is 0 Å². The van der Waals surface area contributed by atoms with Gasteiger partial charge >= 0.3 is 0 Å². The SMILES string of the molecule is CNc1cc(C)ccc1C(=O)Nc1ccc2sccc2c1. The van der Waals surface area contributed by atoms with E-state index in [4.69, 9.17) is 0 Å². The van der Waals surface area contributed by atoms with Crippen LogP contribution in [0.1, 0.15) is 15.9 Å². The second-order valence-corrected chi connectivity index (χ2v) is 5.87. The number of aryl methyl sites for hydroxylation is 1. The van der Waals surface area contributed by atoms with E-state index < -0.39 is 0 Å². The molecular formula is C17H16N2OS. The normalized spacial score (nSPS) is 10.6. The number of hydrogen-bond acceptors (Lipinski definition) is 3. The minimum absolute atomic E-state index is 0.103. The first-order chi connectivity index (χ1) is 10.2. The van der Waals surface area contributed by atoms with Gasteiger partial charge in [0, 0.05) is 23.1 Å². The van der Waals surface area contributed by atoms with E-state index in [1.807, 2.05) is 50.4 Å². The molecule has 21 heavy (non-hydrogen) atoms. The minimum atomic E-state index is -0.103. The molecule has 0 fully saturated rings. The summed E-state index contributed by atoms with van der Waals surface area (Å²) in [6.07, 6.45) is 0. The Hall–Kier alpha value is -2.33. The molecular weight excluding hydrogens is 280 g/mol. The van der Waals surface area contributed by atoms with E-state index >= 15 is 0 Å². The highest BCUT2D eigenvalue weighted by molar-refractivity contribution is 7.17. The fourth-order valence-electron chi connectivity index (χ4n) is 2.31. The lowest BCUT2D eigenvalue weighted by molar-refractivity contribution is 0.102. The molecule has 0 bridgehead atoms. The molecule has 3 aromatic rings. The zero-order valence-corrected chi connectivity index (χ0v) is 12.8. The highest BCUT2D eigenvalue weighted by Crippen LogP contribution is 2.25. The Morgan fingerprint density at radius 3 is 2.76 bits per heavy atom. The van der Waals surface area contributed by atoms with Crippen LogP contribution in [0.15, 0.2) is 47.8 Å². The monoisotopic (exact) mass is 296 g/mol. The summed E-state index contributed by atoms with van der Waals surface area (Å²) in [7, 11) is 1.82. The Morgan fingerprint density at radius 2 is 1.95 bits per heavy atom. The number of fused-ring (bicyclic) bond motifs is 1. The van der Waals surface area contributed by atoms with Crippen LogP contribution >= 0.6 is 11.3 Å². The lowest BCUT2D eigenvalue weighted by Crippen LogP contribution is -2.14. The van der Waals surface area contributed by atoms with Crippen LogP contribution in [-0.4, -0.2) is 13.0 Å². The largest absolute Gasteiger partial charge is 0.387 e. The molecule has 0 aliphatic carbocycles. The van der Waals surface area contributed by atoms with Gasteiger partial charge in [0.15, 0.2) is 0 Å². The summed E-state index contributed by atoms with van der Waals surface area (Å²) >= 11 is 1.70. The number of nitrogens with one attached hydrogen (secondary N) is 2. The molecule has 0 unspecified atom stereocenters. The third-order valence-corrected chi connectivity index (χ3v) is 4.30. The first kappa shape index (κ1) is 13.6. The predicted molar refractivity (Wildman–Crippen MR) is 90.5 cm³/mol. The van der Waals surface area contributed by atoms with Crippen molar-refractivity contribution in [1.29, 1.82) is 0 Å². The molecule has 3 nitrogen and oxygen atoms in total. The van der Waals surface area contributed by atoms with Gasteiger partial charge in [-0.15, -0.1) is 11.3 Å². The van der Waals surface area contributed by atoms with Crippen LogP contribution in [0.4, 0.5) is 11.4 Å². The van der Waals surface area contributed by atoms with Gasteiger partial charge in [0.05, 0.1) is 5.56 Å². The van der Waals surface area contributed by atoms with Crippen LogP contribution in [0.2, 0.25) is 0 Å². The van der Waals surface area contributed by atoms with Gasteiger partial charge in [0.1, 0.15) is 0 Å². The molecule has 0 saturated heterocycles. The number of benzene rings is 2. The molecule has 2 aromatic carbocycles. The van der Waals surface area contributed by atoms with E-state index in [1.54, 1.807) is 11.3 Å². The Kier molecular flexibility index (Phi) is 3.62. The maximum Gasteiger partial charge on any atom is 0.257 e. The minimum Gasteiger partial charge on any atom is -0.387 e. The quantitative estimate of drug-likeness (QED) is 0.747. The summed E-state index contributed by atoms with van der Waals surface area (Å²) in [5.74, 6) is -0.103. The van der Waals surface area contributed by atoms with Crippen molar-refractivity contribution in [2.45, 2.75) is 6.92 Å². The number of amides is 1. The molecule has 0 aliphatic heterocycles. The van der Waals surface area contributed by atoms with Crippen LogP contribution in [0, 0.1) is 6.92 Å². The molecule has 0 spiro atoms. The average Bonchev–Trinajstić information content (AvgIpc) is 2.94. The van der Waals surface area contributed by atoms with Crippen LogP contribution in [0.3, 0.4) is 0 Å². The Bertz CT molecular complexity index is 807. The van der Waals surface area contributed by atoms with Crippen LogP contribution < -0.4 is 10.6 Å². The third-order valence-electron chi connectivity index (χ3n) is 3.40. The molecule has 1 aromatic heterocycles. The van der Waals surface area contributed by atoms with Gasteiger partial charge < -0.3 is 10.6 Å². The number of carbonyl (C=O) groups is 1. The summed E-state index contributed by atoms with van der Waals surface area (Å²) in [4.78, 5) is 12.4. The number of carbonyl (C=O) groups excluding carboxylic acids is 1. The van der Waals surface area contributed by atoms with Crippen LogP contribution in [0.25, 0.3) is 10.1 Å². The summed E-state index contributed by atoms with van der Waals surface area (Å²) in [6, 6.07) is 13.8. The van der Waals surface area contributed by atoms with E-state index in [2.05, 4.69) is 22.1 Å². The second-order valence-electron chi connectivity index (χ2n) is 4.93. The van der Waals surface area contributed by atoms with E-state index in [1.165, 1.54) is 4.70 Å². The molecule has 0 radical (unpaired) electrons. The van der Waals surface area contributed by atoms with Crippen LogP contribution in [0.5, 0.6) is 0 Å². The van der Waals surface area contributed by atoms with Gasteiger partial charge in [0.25, 0.3) is 5.91 Å². The second kappa shape index (κ2) is 5.58. The first-order valence-electron chi connectivity index (χ1n) is 6.74. The standard InChI is InChI=1S/C17H16N2OS/c1-11-3-5-14(15(9-11)18-2)17(20)19-13-4-6-16-12(10-13)7-8-21-16/h3-10,18H,1-2H3,(H,19,20). The highest BCUT2D eigenvalue weighted by Gasteiger charge is 2.11. The summed E-state index contributed by atoms with van der Waals surface area (Å²) in [5.41, 5.74) is 3.42. The zero-order valence-electron chi connectivity index (χ0n) is 11.9. The van der Waals surface area contributed by atoms with Crippen LogP contribution in [-0.2, 0) is 0 Å². The molecule has 0 atom stereocenters. The number of thiophene rings is 1. The van der Waals surface area contributed by atoms with Gasteiger partial charge in [-0.2, -0.15) is 0 Å². The summed E-state index contributed by atoms with van der Waals surface area (Å²) in [5, 5.41) is 9.23. The Morgan fingerprint density at radius 1 is 1.10 bits per heavy atom. The maximum absolute atomic E-state index is 12.4. The van der Waals surface area contributed by atoms with Crippen molar-refractivity contribution in [1.82, 2.24) is 0 Å². The van der Waals surface area contributed by atoms with Crippen molar-refractivity contribution in [3.8, 4) is 0 Å². The average molecular weight is 296 g/mol. The fourth-order valence-corrected chi connectivity index (χ4v) is 3.08. The summed E-state index contributed by atoms with van der Waals surface area (Å²) < 4.78 is 1.22. The molecule has 1 amide bonds. The topological polar surface area (TPSA) is 41.1 Å². The molecule has 3 rings (SSSR count). The zero-order chi connectivity index (χ0) is 14.8. The Labute approximate surface area is 127 Å². The van der Waals surface area contributed by atoms with Crippen molar-refractivity contribution in [2.24, 2.45) is 0 Å². The van der Waals surface area contributed by atoms with E-state index in [9.17, 15) is 4.79 Å². The van der Waals surface area contributed by atoms with Crippen molar-refractivity contribution in [2.75, 3.05) is 17.7 Å². The molecule has 106 valence electrons. The van der Waals surface area contributed by atoms with E-state index in [-0.39, 0.29) is 5.91 Å². The van der Waals surface area contributed by atoms with E-state index in [0.29, 0.717) is 5.56 Å². The fraction of sp³-hybridized carbons (Fsp3) is 0.118. The number of anilines is 2. The van der Waals surface area contributed by atoms with Gasteiger partial charge in [-0.25, -0.2) is 0 Å². The third kappa shape index (κ3) is 2.76. The van der Waals surface area contributed by atoms with Crippen molar-refractivity contribution >= 4 is 38.7 Å². The maximum atomic E-state index is 12.4. The van der Waals surface area contributed by atoms with Crippen molar-refractivity contribution < 1.29 is 4.79 Å². The molecule has 0 aliphatic rings. The molecule has 0 saturated carbocycles. The Balaban J connectivity index is 1.88. The first-order valence-corrected chi connectivity index (χ1v) is 7.62. The predicted octanol–water partition coefficient (Wildman–Crippen LogP) is 4.50. The van der Waals surface area contributed by atoms with Gasteiger partial charge in [-0.3, -0.25) is 4.79 Å². The van der Waals surface area contributed by atoms with Crippen molar-refractivity contribution in [3.63, 3.8) is 0 Å². The lowest BCUT2D eigenvalue weighted by atomic mass is 10.1. The molecule has 1 heterocycles. The summed E-state index contributed by atoms with van der Waals surface area (Å²) in [6.45, 7) is 2.01. The smallest absolute Gasteiger partial charge is 0.257 e. The lowest BCUT2D eigenvalue weighted by Gasteiger charge is -2.11. The van der Waals surface area contributed by atoms with Gasteiger partial charge in [-0.05, 0) is 59.7 Å². The van der Waals surface area contributed by atoms with Gasteiger partial charge in [-0.1, -0.05) is 6.07 Å².